The molecule has 2 aromatic heterocycles. The molecule has 1 aromatic carbocycles. The monoisotopic (exact) mass is 366 g/mol. The molecule has 3 aromatic rings. The van der Waals surface area contributed by atoms with Crippen molar-refractivity contribution in [2.24, 2.45) is 0 Å². The Balaban J connectivity index is 1.55. The zero-order valence-electron chi connectivity index (χ0n) is 12.6. The molecule has 0 saturated heterocycles. The van der Waals surface area contributed by atoms with Gasteiger partial charge in [0.2, 0.25) is 0 Å². The molecule has 6 nitrogen and oxygen atoms in total. The maximum Gasteiger partial charge on any atom is 0.437 e. The molecule has 0 fully saturated rings. The summed E-state index contributed by atoms with van der Waals surface area (Å²) in [7, 11) is 0. The number of halogens is 1. The van der Waals surface area contributed by atoms with Crippen LogP contribution in [0.1, 0.15) is 5.56 Å². The largest absolute Gasteiger partial charge is 0.437 e. The van der Waals surface area contributed by atoms with Gasteiger partial charge < -0.3 is 14.3 Å². The standard InChI is InChI=1S/C16H15ClN2O4S/c17-13-5-2-1-4-11(13)9-22-10-12(20)8-19-16(21)23-15(18-19)14-6-3-7-24-14/h1-7,12,20H,8-10H2/t12-/m1/s1. The minimum Gasteiger partial charge on any atom is -0.389 e. The van der Waals surface area contributed by atoms with Crippen molar-refractivity contribution in [1.82, 2.24) is 9.78 Å². The number of hydrogen-bond acceptors (Lipinski definition) is 6. The van der Waals surface area contributed by atoms with Crippen LogP contribution in [-0.4, -0.2) is 27.6 Å². The second-order valence-corrected chi connectivity index (χ2v) is 6.45. The van der Waals surface area contributed by atoms with Crippen LogP contribution in [0.15, 0.2) is 51.0 Å². The third kappa shape index (κ3) is 4.12. The number of ether oxygens (including phenoxy) is 1. The summed E-state index contributed by atoms with van der Waals surface area (Å²) in [5, 5.41) is 16.6. The van der Waals surface area contributed by atoms with Crippen LogP contribution in [-0.2, 0) is 17.9 Å². The second kappa shape index (κ2) is 7.76. The minimum absolute atomic E-state index is 0.00374. The van der Waals surface area contributed by atoms with Crippen LogP contribution in [0, 0.1) is 0 Å². The van der Waals surface area contributed by atoms with E-state index in [-0.39, 0.29) is 25.6 Å². The lowest BCUT2D eigenvalue weighted by atomic mass is 10.2. The Labute approximate surface area is 146 Å². The van der Waals surface area contributed by atoms with Gasteiger partial charge >= 0.3 is 5.76 Å². The first kappa shape index (κ1) is 16.9. The lowest BCUT2D eigenvalue weighted by molar-refractivity contribution is 0.0178. The van der Waals surface area contributed by atoms with Crippen molar-refractivity contribution in [2.45, 2.75) is 19.3 Å². The molecule has 0 bridgehead atoms. The summed E-state index contributed by atoms with van der Waals surface area (Å²) < 4.78 is 11.6. The van der Waals surface area contributed by atoms with Crippen molar-refractivity contribution in [1.29, 1.82) is 0 Å². The first-order valence-corrected chi connectivity index (χ1v) is 8.50. The molecule has 0 saturated carbocycles. The number of thiophene rings is 1. The van der Waals surface area contributed by atoms with Gasteiger partial charge in [0.15, 0.2) is 0 Å². The van der Waals surface area contributed by atoms with Gasteiger partial charge in [-0.25, -0.2) is 4.79 Å². The zero-order chi connectivity index (χ0) is 16.9. The minimum atomic E-state index is -0.883. The Morgan fingerprint density at radius 3 is 2.92 bits per heavy atom. The number of hydrogen-bond donors (Lipinski definition) is 1. The summed E-state index contributed by atoms with van der Waals surface area (Å²) >= 11 is 7.45. The Morgan fingerprint density at radius 2 is 2.17 bits per heavy atom. The van der Waals surface area contributed by atoms with E-state index in [1.807, 2.05) is 35.7 Å². The quantitative estimate of drug-likeness (QED) is 0.695. The number of nitrogens with zero attached hydrogens (tertiary/aromatic N) is 2. The molecule has 0 spiro atoms. The molecule has 1 N–H and O–H groups in total. The molecule has 0 aliphatic rings. The van der Waals surface area contributed by atoms with Crippen molar-refractivity contribution >= 4 is 22.9 Å². The lowest BCUT2D eigenvalue weighted by Crippen LogP contribution is -2.28. The number of rotatable bonds is 7. The zero-order valence-corrected chi connectivity index (χ0v) is 14.2. The van der Waals surface area contributed by atoms with Crippen LogP contribution in [0.4, 0.5) is 0 Å². The van der Waals surface area contributed by atoms with E-state index in [4.69, 9.17) is 20.8 Å². The molecule has 0 aliphatic heterocycles. The van der Waals surface area contributed by atoms with Crippen LogP contribution in [0.25, 0.3) is 10.8 Å². The Bertz CT molecular complexity index is 844. The summed E-state index contributed by atoms with van der Waals surface area (Å²) in [5.74, 6) is -0.359. The van der Waals surface area contributed by atoms with Gasteiger partial charge in [0.25, 0.3) is 5.89 Å². The number of benzene rings is 1. The van der Waals surface area contributed by atoms with Crippen LogP contribution < -0.4 is 5.76 Å². The van der Waals surface area contributed by atoms with Crippen LogP contribution in [0.5, 0.6) is 0 Å². The van der Waals surface area contributed by atoms with E-state index < -0.39 is 11.9 Å². The molecule has 3 rings (SSSR count). The van der Waals surface area contributed by atoms with Crippen molar-refractivity contribution in [3.63, 3.8) is 0 Å². The Kier molecular flexibility index (Phi) is 5.47. The number of aliphatic hydroxyl groups excluding tert-OH is 1. The normalized spacial score (nSPS) is 12.4. The van der Waals surface area contributed by atoms with E-state index in [1.165, 1.54) is 11.3 Å². The van der Waals surface area contributed by atoms with E-state index in [0.717, 1.165) is 15.1 Å². The van der Waals surface area contributed by atoms with Crippen molar-refractivity contribution in [2.75, 3.05) is 6.61 Å². The summed E-state index contributed by atoms with van der Waals surface area (Å²) in [6.07, 6.45) is -0.883. The molecular weight excluding hydrogens is 352 g/mol. The van der Waals surface area contributed by atoms with Gasteiger partial charge in [-0.1, -0.05) is 35.9 Å². The van der Waals surface area contributed by atoms with Crippen molar-refractivity contribution < 1.29 is 14.3 Å². The fourth-order valence-corrected chi connectivity index (χ4v) is 2.93. The van der Waals surface area contributed by atoms with Crippen LogP contribution in [0.3, 0.4) is 0 Å². The van der Waals surface area contributed by atoms with E-state index in [0.29, 0.717) is 5.02 Å². The highest BCUT2D eigenvalue weighted by molar-refractivity contribution is 7.13. The van der Waals surface area contributed by atoms with E-state index >= 15 is 0 Å². The summed E-state index contributed by atoms with van der Waals surface area (Å²) in [6.45, 7) is 0.333. The molecule has 24 heavy (non-hydrogen) atoms. The van der Waals surface area contributed by atoms with E-state index in [9.17, 15) is 9.90 Å². The highest BCUT2D eigenvalue weighted by Crippen LogP contribution is 2.21. The van der Waals surface area contributed by atoms with Gasteiger partial charge in [0.1, 0.15) is 0 Å². The predicted molar refractivity (Wildman–Crippen MR) is 91.2 cm³/mol. The smallest absolute Gasteiger partial charge is 0.389 e. The average molecular weight is 367 g/mol. The first-order chi connectivity index (χ1) is 11.6. The topological polar surface area (TPSA) is 77.5 Å². The Hall–Kier alpha value is -1.93. The van der Waals surface area contributed by atoms with Crippen molar-refractivity contribution in [3.05, 3.63) is 62.9 Å². The molecule has 1 atom stereocenters. The second-order valence-electron chi connectivity index (χ2n) is 5.09. The fourth-order valence-electron chi connectivity index (χ4n) is 2.09. The van der Waals surface area contributed by atoms with Gasteiger partial charge in [-0.15, -0.1) is 16.4 Å². The summed E-state index contributed by atoms with van der Waals surface area (Å²) in [4.78, 5) is 12.5. The third-order valence-corrected chi connectivity index (χ3v) is 4.47. The molecule has 0 radical (unpaired) electrons. The predicted octanol–water partition coefficient (Wildman–Crippen LogP) is 2.80. The average Bonchev–Trinajstić information content (AvgIpc) is 3.20. The fraction of sp³-hybridized carbons (Fsp3) is 0.250. The highest BCUT2D eigenvalue weighted by Gasteiger charge is 2.14. The third-order valence-electron chi connectivity index (χ3n) is 3.25. The van der Waals surface area contributed by atoms with Gasteiger partial charge in [-0.05, 0) is 23.1 Å². The molecular formula is C16H15ClN2O4S. The number of aromatic nitrogens is 2. The van der Waals surface area contributed by atoms with Gasteiger partial charge in [0.05, 0.1) is 30.7 Å². The molecule has 0 aliphatic carbocycles. The lowest BCUT2D eigenvalue weighted by Gasteiger charge is -2.11. The molecule has 2 heterocycles. The molecule has 0 amide bonds. The SMILES string of the molecule is O=c1oc(-c2cccs2)nn1C[C@@H](O)COCc1ccccc1Cl. The van der Waals surface area contributed by atoms with Crippen LogP contribution in [0.2, 0.25) is 5.02 Å². The summed E-state index contributed by atoms with van der Waals surface area (Å²) in [5.41, 5.74) is 0.838. The number of aliphatic hydroxyl groups is 1. The molecule has 126 valence electrons. The van der Waals surface area contributed by atoms with Crippen LogP contribution >= 0.6 is 22.9 Å². The molecule has 8 heteroatoms. The first-order valence-electron chi connectivity index (χ1n) is 7.24. The van der Waals surface area contributed by atoms with E-state index in [2.05, 4.69) is 5.10 Å². The van der Waals surface area contributed by atoms with Gasteiger partial charge in [-0.3, -0.25) is 0 Å². The Morgan fingerprint density at radius 1 is 1.33 bits per heavy atom. The molecule has 0 unspecified atom stereocenters. The van der Waals surface area contributed by atoms with E-state index in [1.54, 1.807) is 6.07 Å². The summed E-state index contributed by atoms with van der Waals surface area (Å²) in [6, 6.07) is 11.0. The van der Waals surface area contributed by atoms with Crippen molar-refractivity contribution in [3.8, 4) is 10.8 Å². The van der Waals surface area contributed by atoms with Gasteiger partial charge in [-0.2, -0.15) is 4.68 Å². The van der Waals surface area contributed by atoms with Gasteiger partial charge in [0, 0.05) is 5.02 Å². The maximum absolute atomic E-state index is 11.8. The maximum atomic E-state index is 11.8. The highest BCUT2D eigenvalue weighted by atomic mass is 35.5.